The summed E-state index contributed by atoms with van der Waals surface area (Å²) < 4.78 is 27.6. The number of carbonyl (C=O) groups excluding carboxylic acids is 1. The Morgan fingerprint density at radius 2 is 1.67 bits per heavy atom. The summed E-state index contributed by atoms with van der Waals surface area (Å²) in [6, 6.07) is 12.5. The van der Waals surface area contributed by atoms with Crippen LogP contribution < -0.4 is 4.90 Å². The molecule has 2 aliphatic rings. The van der Waals surface area contributed by atoms with Gasteiger partial charge in [-0.1, -0.05) is 18.2 Å². The minimum Gasteiger partial charge on any atom is -0.353 e. The molecule has 0 bridgehead atoms. The predicted molar refractivity (Wildman–Crippen MR) is 122 cm³/mol. The van der Waals surface area contributed by atoms with E-state index in [1.807, 2.05) is 13.0 Å². The molecule has 5 nitrogen and oxygen atoms in total. The third-order valence-electron chi connectivity index (χ3n) is 6.43. The molecule has 1 saturated heterocycles. The molecule has 7 heteroatoms. The third-order valence-corrected chi connectivity index (χ3v) is 6.43. The maximum Gasteiger partial charge on any atom is 0.253 e. The number of hydrogen-bond donors (Lipinski definition) is 0. The zero-order chi connectivity index (χ0) is 22.9. The van der Waals surface area contributed by atoms with Gasteiger partial charge >= 0.3 is 0 Å². The molecule has 33 heavy (non-hydrogen) atoms. The minimum atomic E-state index is -0.357. The first-order valence-corrected chi connectivity index (χ1v) is 11.4. The second kappa shape index (κ2) is 8.89. The maximum absolute atomic E-state index is 14.4. The van der Waals surface area contributed by atoms with Crippen molar-refractivity contribution in [2.24, 2.45) is 0 Å². The molecule has 1 aliphatic carbocycles. The Morgan fingerprint density at radius 1 is 0.970 bits per heavy atom. The molecule has 170 valence electrons. The van der Waals surface area contributed by atoms with Crippen molar-refractivity contribution in [2.45, 2.75) is 32.1 Å². The lowest BCUT2D eigenvalue weighted by atomic mass is 10.0. The molecule has 1 aromatic heterocycles. The number of anilines is 1. The first-order valence-electron chi connectivity index (χ1n) is 11.4. The first-order chi connectivity index (χ1) is 16.0. The van der Waals surface area contributed by atoms with Crippen LogP contribution in [0.2, 0.25) is 0 Å². The Kier molecular flexibility index (Phi) is 5.79. The van der Waals surface area contributed by atoms with Gasteiger partial charge in [0.25, 0.3) is 5.91 Å². The molecule has 1 amide bonds. The zero-order valence-electron chi connectivity index (χ0n) is 18.6. The fourth-order valence-electron chi connectivity index (χ4n) is 4.32. The highest BCUT2D eigenvalue weighted by Gasteiger charge is 2.31. The van der Waals surface area contributed by atoms with Gasteiger partial charge in [0.15, 0.2) is 0 Å². The van der Waals surface area contributed by atoms with Gasteiger partial charge in [-0.2, -0.15) is 0 Å². The van der Waals surface area contributed by atoms with Crippen molar-refractivity contribution in [1.29, 1.82) is 0 Å². The Labute approximate surface area is 192 Å². The van der Waals surface area contributed by atoms with Gasteiger partial charge in [-0.15, -0.1) is 0 Å². The zero-order valence-corrected chi connectivity index (χ0v) is 18.6. The number of aromatic nitrogens is 2. The lowest BCUT2D eigenvalue weighted by molar-refractivity contribution is 0.0746. The Balaban J connectivity index is 1.38. The largest absolute Gasteiger partial charge is 0.353 e. The van der Waals surface area contributed by atoms with Gasteiger partial charge < -0.3 is 9.80 Å². The van der Waals surface area contributed by atoms with Crippen LogP contribution in [0.4, 0.5) is 14.6 Å². The number of nitrogens with zero attached hydrogens (tertiary/aromatic N) is 4. The van der Waals surface area contributed by atoms with Crippen LogP contribution in [-0.2, 0) is 6.42 Å². The Hall–Kier alpha value is -3.35. The van der Waals surface area contributed by atoms with Crippen LogP contribution in [0, 0.1) is 18.6 Å². The summed E-state index contributed by atoms with van der Waals surface area (Å²) in [7, 11) is 0. The predicted octanol–water partition coefficient (Wildman–Crippen LogP) is 4.49. The van der Waals surface area contributed by atoms with Gasteiger partial charge in [-0.25, -0.2) is 18.7 Å². The first kappa shape index (κ1) is 21.5. The number of halogens is 2. The fourth-order valence-corrected chi connectivity index (χ4v) is 4.32. The SMILES string of the molecule is Cc1nc(C2CC2)nc(N2CCN(C(=O)c3ccc(F)cc3)CC2)c1Cc1ccccc1F. The van der Waals surface area contributed by atoms with Crippen LogP contribution in [0.25, 0.3) is 0 Å². The van der Waals surface area contributed by atoms with Crippen LogP contribution in [0.3, 0.4) is 0 Å². The molecule has 0 atom stereocenters. The lowest BCUT2D eigenvalue weighted by Gasteiger charge is -2.36. The van der Waals surface area contributed by atoms with Crippen molar-refractivity contribution < 1.29 is 13.6 Å². The van der Waals surface area contributed by atoms with Gasteiger partial charge in [0.1, 0.15) is 23.3 Å². The maximum atomic E-state index is 14.4. The molecule has 0 unspecified atom stereocenters. The minimum absolute atomic E-state index is 0.0984. The van der Waals surface area contributed by atoms with Crippen LogP contribution in [0.1, 0.15) is 51.8 Å². The second-order valence-corrected chi connectivity index (χ2v) is 8.80. The summed E-state index contributed by atoms with van der Waals surface area (Å²) in [5.41, 5.74) is 2.92. The summed E-state index contributed by atoms with van der Waals surface area (Å²) in [6.45, 7) is 4.30. The molecule has 2 heterocycles. The van der Waals surface area contributed by atoms with Crippen molar-refractivity contribution >= 4 is 11.7 Å². The average Bonchev–Trinajstić information content (AvgIpc) is 3.67. The Bertz CT molecular complexity index is 1170. The molecule has 2 aromatic carbocycles. The molecule has 0 spiro atoms. The molecule has 3 aromatic rings. The summed E-state index contributed by atoms with van der Waals surface area (Å²) >= 11 is 0. The third kappa shape index (κ3) is 4.58. The van der Waals surface area contributed by atoms with Gasteiger partial charge in [0, 0.05) is 55.3 Å². The lowest BCUT2D eigenvalue weighted by Crippen LogP contribution is -2.49. The summed E-state index contributed by atoms with van der Waals surface area (Å²) in [6.07, 6.45) is 2.63. The highest BCUT2D eigenvalue weighted by atomic mass is 19.1. The van der Waals surface area contributed by atoms with Crippen molar-refractivity contribution in [1.82, 2.24) is 14.9 Å². The van der Waals surface area contributed by atoms with E-state index in [9.17, 15) is 13.6 Å². The summed E-state index contributed by atoms with van der Waals surface area (Å²) in [5.74, 6) is 1.43. The Morgan fingerprint density at radius 3 is 2.33 bits per heavy atom. The molecule has 1 aliphatic heterocycles. The van der Waals surface area contributed by atoms with Crippen molar-refractivity contribution in [3.63, 3.8) is 0 Å². The van der Waals surface area contributed by atoms with Crippen molar-refractivity contribution in [3.05, 3.63) is 88.4 Å². The molecule has 5 rings (SSSR count). The molecule has 2 fully saturated rings. The van der Waals surface area contributed by atoms with E-state index in [4.69, 9.17) is 9.97 Å². The molecular formula is C26H26F2N4O. The van der Waals surface area contributed by atoms with E-state index < -0.39 is 0 Å². The van der Waals surface area contributed by atoms with E-state index in [2.05, 4.69) is 4.90 Å². The van der Waals surface area contributed by atoms with Gasteiger partial charge in [-0.05, 0) is 55.7 Å². The van der Waals surface area contributed by atoms with Crippen LogP contribution >= 0.6 is 0 Å². The summed E-state index contributed by atoms with van der Waals surface area (Å²) in [5, 5.41) is 0. The fraction of sp³-hybridized carbons (Fsp3) is 0.346. The number of rotatable bonds is 5. The number of hydrogen-bond acceptors (Lipinski definition) is 4. The molecular weight excluding hydrogens is 422 g/mol. The van der Waals surface area contributed by atoms with Crippen molar-refractivity contribution in [2.75, 3.05) is 31.1 Å². The normalized spacial score (nSPS) is 16.2. The van der Waals surface area contributed by atoms with Crippen LogP contribution in [-0.4, -0.2) is 47.0 Å². The quantitative estimate of drug-likeness (QED) is 0.577. The molecule has 1 saturated carbocycles. The van der Waals surface area contributed by atoms with E-state index in [1.54, 1.807) is 17.0 Å². The highest BCUT2D eigenvalue weighted by Crippen LogP contribution is 2.39. The van der Waals surface area contributed by atoms with Gasteiger partial charge in [0.2, 0.25) is 0 Å². The number of benzene rings is 2. The monoisotopic (exact) mass is 448 g/mol. The number of amides is 1. The van der Waals surface area contributed by atoms with E-state index in [0.29, 0.717) is 49.6 Å². The van der Waals surface area contributed by atoms with E-state index in [-0.39, 0.29) is 17.5 Å². The topological polar surface area (TPSA) is 49.3 Å². The summed E-state index contributed by atoms with van der Waals surface area (Å²) in [4.78, 5) is 26.5. The van der Waals surface area contributed by atoms with E-state index >= 15 is 0 Å². The standard InChI is InChI=1S/C26H26F2N4O/c1-17-22(16-20-4-2-3-5-23(20)28)25(30-24(29-17)18-6-7-18)31-12-14-32(15-13-31)26(33)19-8-10-21(27)11-9-19/h2-5,8-11,18H,6-7,12-16H2,1H3. The number of aryl methyl sites for hydroxylation is 1. The van der Waals surface area contributed by atoms with Gasteiger partial charge in [-0.3, -0.25) is 4.79 Å². The highest BCUT2D eigenvalue weighted by molar-refractivity contribution is 5.94. The van der Waals surface area contributed by atoms with Crippen LogP contribution in [0.5, 0.6) is 0 Å². The average molecular weight is 449 g/mol. The number of piperazine rings is 1. The van der Waals surface area contributed by atoms with Crippen molar-refractivity contribution in [3.8, 4) is 0 Å². The molecule has 0 N–H and O–H groups in total. The smallest absolute Gasteiger partial charge is 0.253 e. The second-order valence-electron chi connectivity index (χ2n) is 8.80. The van der Waals surface area contributed by atoms with Crippen LogP contribution in [0.15, 0.2) is 48.5 Å². The van der Waals surface area contributed by atoms with E-state index in [1.165, 1.54) is 30.3 Å². The van der Waals surface area contributed by atoms with Gasteiger partial charge in [0.05, 0.1) is 0 Å². The molecule has 0 radical (unpaired) electrons. The number of carbonyl (C=O) groups is 1. The van der Waals surface area contributed by atoms with E-state index in [0.717, 1.165) is 35.7 Å².